The minimum Gasteiger partial charge on any atom is -0.481 e. The lowest BCUT2D eigenvalue weighted by atomic mass is 9.62. The van der Waals surface area contributed by atoms with Crippen molar-refractivity contribution in [1.29, 1.82) is 0 Å². The maximum atomic E-state index is 12.9. The summed E-state index contributed by atoms with van der Waals surface area (Å²) >= 11 is 0. The van der Waals surface area contributed by atoms with E-state index in [-0.39, 0.29) is 29.7 Å². The van der Waals surface area contributed by atoms with Crippen LogP contribution in [0.15, 0.2) is 12.2 Å². The third-order valence-corrected chi connectivity index (χ3v) is 9.14. The van der Waals surface area contributed by atoms with E-state index < -0.39 is 33.9 Å². The van der Waals surface area contributed by atoms with Gasteiger partial charge in [0.05, 0.1) is 11.3 Å². The highest BCUT2D eigenvalue weighted by atomic mass is 16.6. The summed E-state index contributed by atoms with van der Waals surface area (Å²) in [6, 6.07) is 0. The molecule has 1 N–H and O–H groups in total. The molecule has 0 unspecified atom stereocenters. The van der Waals surface area contributed by atoms with Gasteiger partial charge in [-0.2, -0.15) is 0 Å². The van der Waals surface area contributed by atoms with Crippen LogP contribution in [0.25, 0.3) is 0 Å². The molecule has 0 radical (unpaired) electrons. The highest BCUT2D eigenvalue weighted by Crippen LogP contribution is 2.78. The number of carboxylic acid groups (broad SMARTS) is 1. The Labute approximate surface area is 171 Å². The Hall–Kier alpha value is -1.85. The first-order valence-corrected chi connectivity index (χ1v) is 11.0. The summed E-state index contributed by atoms with van der Waals surface area (Å²) < 4.78 is 12.1. The summed E-state index contributed by atoms with van der Waals surface area (Å²) in [5.41, 5.74) is -2.68. The molecule has 0 amide bonds. The van der Waals surface area contributed by atoms with Crippen LogP contribution in [0, 0.1) is 34.5 Å². The summed E-state index contributed by atoms with van der Waals surface area (Å²) in [7, 11) is 0. The number of ether oxygens (including phenoxy) is 2. The summed E-state index contributed by atoms with van der Waals surface area (Å²) in [5.74, 6) is -2.26. The van der Waals surface area contributed by atoms with E-state index in [2.05, 4.69) is 6.92 Å². The van der Waals surface area contributed by atoms with Crippen molar-refractivity contribution in [3.05, 3.63) is 12.2 Å². The Balaban J connectivity index is 1.67. The highest BCUT2D eigenvalue weighted by molar-refractivity contribution is 5.86. The molecule has 1 saturated heterocycles. The zero-order valence-electron chi connectivity index (χ0n) is 17.4. The normalized spacial score (nSPS) is 51.3. The van der Waals surface area contributed by atoms with Crippen molar-refractivity contribution in [2.75, 3.05) is 0 Å². The van der Waals surface area contributed by atoms with Gasteiger partial charge < -0.3 is 14.6 Å². The molecule has 6 nitrogen and oxygen atoms in total. The summed E-state index contributed by atoms with van der Waals surface area (Å²) in [4.78, 5) is 37.6. The van der Waals surface area contributed by atoms with Gasteiger partial charge in [-0.15, -0.1) is 0 Å². The largest absolute Gasteiger partial charge is 0.481 e. The maximum absolute atomic E-state index is 12.9. The van der Waals surface area contributed by atoms with Crippen molar-refractivity contribution < 1.29 is 29.0 Å². The lowest BCUT2D eigenvalue weighted by Crippen LogP contribution is -2.49. The second-order valence-electron chi connectivity index (χ2n) is 10.4. The molecule has 5 rings (SSSR count). The Morgan fingerprint density at radius 2 is 2.14 bits per heavy atom. The number of hydrogen-bond acceptors (Lipinski definition) is 5. The van der Waals surface area contributed by atoms with Gasteiger partial charge in [-0.25, -0.2) is 0 Å². The van der Waals surface area contributed by atoms with Gasteiger partial charge in [0.1, 0.15) is 11.2 Å². The second kappa shape index (κ2) is 5.64. The van der Waals surface area contributed by atoms with Gasteiger partial charge in [0.2, 0.25) is 0 Å². The molecule has 8 atom stereocenters. The number of esters is 2. The zero-order chi connectivity index (χ0) is 20.8. The molecule has 1 aliphatic heterocycles. The van der Waals surface area contributed by atoms with Crippen LogP contribution in [0.1, 0.15) is 65.7 Å². The van der Waals surface area contributed by atoms with Gasteiger partial charge in [-0.3, -0.25) is 14.4 Å². The number of carbonyl (C=O) groups excluding carboxylic acids is 2. The molecule has 5 aliphatic rings. The van der Waals surface area contributed by atoms with E-state index in [1.165, 1.54) is 6.92 Å². The molecule has 1 heterocycles. The van der Waals surface area contributed by atoms with Gasteiger partial charge in [-0.05, 0) is 50.4 Å². The summed E-state index contributed by atoms with van der Waals surface area (Å²) in [6.45, 7) is 5.42. The first kappa shape index (κ1) is 19.1. The monoisotopic (exact) mass is 402 g/mol. The van der Waals surface area contributed by atoms with Crippen molar-refractivity contribution in [2.24, 2.45) is 34.5 Å². The molecule has 29 heavy (non-hydrogen) atoms. The number of hydrogen-bond donors (Lipinski definition) is 1. The predicted octanol–water partition coefficient (Wildman–Crippen LogP) is 3.49. The Bertz CT molecular complexity index is 833. The minimum absolute atomic E-state index is 0.00219. The molecule has 6 heteroatoms. The van der Waals surface area contributed by atoms with Crippen LogP contribution in [0.3, 0.4) is 0 Å². The first-order valence-electron chi connectivity index (χ1n) is 11.0. The van der Waals surface area contributed by atoms with E-state index in [0.29, 0.717) is 12.8 Å². The van der Waals surface area contributed by atoms with Crippen LogP contribution in [0.5, 0.6) is 0 Å². The first-order chi connectivity index (χ1) is 13.7. The van der Waals surface area contributed by atoms with E-state index in [0.717, 1.165) is 32.1 Å². The Kier molecular flexibility index (Phi) is 3.72. The van der Waals surface area contributed by atoms with E-state index in [1.54, 1.807) is 0 Å². The van der Waals surface area contributed by atoms with E-state index in [4.69, 9.17) is 9.47 Å². The Morgan fingerprint density at radius 1 is 1.38 bits per heavy atom. The Morgan fingerprint density at radius 3 is 2.79 bits per heavy atom. The van der Waals surface area contributed by atoms with Crippen LogP contribution in [-0.4, -0.2) is 34.2 Å². The van der Waals surface area contributed by atoms with Crippen molar-refractivity contribution in [3.63, 3.8) is 0 Å². The highest BCUT2D eigenvalue weighted by Gasteiger charge is 2.83. The van der Waals surface area contributed by atoms with Gasteiger partial charge in [0.25, 0.3) is 0 Å². The minimum atomic E-state index is -0.889. The molecule has 4 bridgehead atoms. The molecule has 4 aliphatic carbocycles. The van der Waals surface area contributed by atoms with Crippen LogP contribution in [0.2, 0.25) is 0 Å². The third kappa shape index (κ3) is 2.05. The molecular weight excluding hydrogens is 372 g/mol. The standard InChI is InChI=1S/C23H30O6/c1-4-6-14-11-21-12-22(14,28-13(2)24)10-7-15(21)23-9-5-8-20(3,19(27)29-23)17(23)16(21)18(25)26/h5,8,14-17H,4,6-7,9-12H2,1-3H3,(H,25,26)/t14-,15-,16-,17-,20+,21+,22+,23-/m1/s1. The third-order valence-electron chi connectivity index (χ3n) is 9.14. The lowest BCUT2D eigenvalue weighted by Gasteiger charge is -2.46. The molecular formula is C23H30O6. The van der Waals surface area contributed by atoms with Crippen LogP contribution in [0.4, 0.5) is 0 Å². The van der Waals surface area contributed by atoms with Crippen LogP contribution < -0.4 is 0 Å². The number of aliphatic carboxylic acids is 1. The number of rotatable bonds is 4. The average molecular weight is 402 g/mol. The van der Waals surface area contributed by atoms with E-state index in [1.807, 2.05) is 19.1 Å². The van der Waals surface area contributed by atoms with Crippen molar-refractivity contribution in [3.8, 4) is 0 Å². The summed E-state index contributed by atoms with van der Waals surface area (Å²) in [5, 5.41) is 10.4. The molecule has 3 saturated carbocycles. The van der Waals surface area contributed by atoms with Gasteiger partial charge >= 0.3 is 17.9 Å². The molecule has 158 valence electrons. The fourth-order valence-corrected chi connectivity index (χ4v) is 8.60. The zero-order valence-corrected chi connectivity index (χ0v) is 17.4. The predicted molar refractivity (Wildman–Crippen MR) is 103 cm³/mol. The fraction of sp³-hybridized carbons (Fsp3) is 0.783. The van der Waals surface area contributed by atoms with Crippen molar-refractivity contribution in [2.45, 2.75) is 76.9 Å². The summed E-state index contributed by atoms with van der Waals surface area (Å²) in [6.07, 6.45) is 9.16. The SMILES string of the molecule is CCC[C@@H]1C[C@]23C[C@@]1(OC(C)=O)CC[C@H]2[C@@]12CC=C[C@](C)(C(=O)O1)[C@H]2[C@@H]3C(=O)O. The quantitative estimate of drug-likeness (QED) is 0.572. The van der Waals surface area contributed by atoms with Gasteiger partial charge in [-0.1, -0.05) is 25.5 Å². The molecule has 1 spiro atoms. The second-order valence-corrected chi connectivity index (χ2v) is 10.4. The molecule has 4 fully saturated rings. The number of carboxylic acids is 1. The molecule has 0 aromatic heterocycles. The van der Waals surface area contributed by atoms with Crippen LogP contribution in [-0.2, 0) is 23.9 Å². The molecule has 0 aromatic rings. The van der Waals surface area contributed by atoms with Gasteiger partial charge in [0, 0.05) is 25.2 Å². The lowest BCUT2D eigenvalue weighted by molar-refractivity contribution is -0.173. The van der Waals surface area contributed by atoms with E-state index >= 15 is 0 Å². The maximum Gasteiger partial charge on any atom is 0.316 e. The fourth-order valence-electron chi connectivity index (χ4n) is 8.60. The smallest absolute Gasteiger partial charge is 0.316 e. The van der Waals surface area contributed by atoms with E-state index in [9.17, 15) is 19.5 Å². The van der Waals surface area contributed by atoms with Crippen LogP contribution >= 0.6 is 0 Å². The van der Waals surface area contributed by atoms with Gasteiger partial charge in [0.15, 0.2) is 0 Å². The van der Waals surface area contributed by atoms with Crippen molar-refractivity contribution >= 4 is 17.9 Å². The van der Waals surface area contributed by atoms with Crippen molar-refractivity contribution in [1.82, 2.24) is 0 Å². The number of carbonyl (C=O) groups is 3. The molecule has 0 aromatic carbocycles. The average Bonchev–Trinajstić information content (AvgIpc) is 3.04. The topological polar surface area (TPSA) is 89.9 Å². The number of fused-ring (bicyclic) bond motifs is 1.